The largest absolute Gasteiger partial charge is 0.376 e. The molecule has 0 aliphatic rings. The summed E-state index contributed by atoms with van der Waals surface area (Å²) in [6.45, 7) is 7.34. The van der Waals surface area contributed by atoms with E-state index in [0.717, 1.165) is 31.4 Å². The zero-order valence-corrected chi connectivity index (χ0v) is 12.5. The Morgan fingerprint density at radius 2 is 1.74 bits per heavy atom. The molecule has 1 rings (SSSR count). The molecule has 108 valence electrons. The monoisotopic (exact) mass is 267 g/mol. The maximum absolute atomic E-state index is 13.1. The van der Waals surface area contributed by atoms with Gasteiger partial charge in [0.05, 0.1) is 11.6 Å². The molecule has 1 atom stereocenters. The minimum atomic E-state index is -0.243. The van der Waals surface area contributed by atoms with Gasteiger partial charge < -0.3 is 10.1 Å². The molecule has 0 amide bonds. The second-order valence-corrected chi connectivity index (χ2v) is 4.91. The van der Waals surface area contributed by atoms with E-state index in [2.05, 4.69) is 26.1 Å². The molecule has 0 spiro atoms. The minimum Gasteiger partial charge on any atom is -0.376 e. The van der Waals surface area contributed by atoms with Crippen LogP contribution in [0.4, 0.5) is 4.39 Å². The van der Waals surface area contributed by atoms with Crippen LogP contribution in [0.1, 0.15) is 51.6 Å². The van der Waals surface area contributed by atoms with E-state index >= 15 is 0 Å². The van der Waals surface area contributed by atoms with Crippen LogP contribution in [-0.4, -0.2) is 19.3 Å². The highest BCUT2D eigenvalue weighted by Gasteiger charge is 2.36. The number of rotatable bonds is 8. The van der Waals surface area contributed by atoms with Gasteiger partial charge in [-0.3, -0.25) is 0 Å². The zero-order valence-electron chi connectivity index (χ0n) is 12.5. The van der Waals surface area contributed by atoms with Gasteiger partial charge >= 0.3 is 0 Å². The third-order valence-electron chi connectivity index (χ3n) is 3.93. The van der Waals surface area contributed by atoms with Crippen molar-refractivity contribution in [2.45, 2.75) is 51.7 Å². The first-order chi connectivity index (χ1) is 9.13. The fraction of sp³-hybridized carbons (Fsp3) is 0.625. The van der Waals surface area contributed by atoms with Crippen LogP contribution in [0, 0.1) is 5.82 Å². The average Bonchev–Trinajstić information content (AvgIpc) is 2.45. The van der Waals surface area contributed by atoms with Crippen LogP contribution in [0.5, 0.6) is 0 Å². The zero-order chi connectivity index (χ0) is 14.3. The van der Waals surface area contributed by atoms with E-state index in [9.17, 15) is 4.39 Å². The summed E-state index contributed by atoms with van der Waals surface area (Å²) in [6, 6.07) is 6.82. The molecule has 0 aromatic heterocycles. The van der Waals surface area contributed by atoms with Gasteiger partial charge in [-0.05, 0) is 43.5 Å². The Balaban J connectivity index is 3.08. The van der Waals surface area contributed by atoms with Crippen LogP contribution in [0.15, 0.2) is 24.3 Å². The van der Waals surface area contributed by atoms with Crippen LogP contribution in [-0.2, 0) is 4.74 Å². The Morgan fingerprint density at radius 1 is 1.16 bits per heavy atom. The van der Waals surface area contributed by atoms with Crippen molar-refractivity contribution >= 4 is 0 Å². The van der Waals surface area contributed by atoms with Crippen molar-refractivity contribution in [3.8, 4) is 0 Å². The smallest absolute Gasteiger partial charge is 0.123 e. The first-order valence-corrected chi connectivity index (χ1v) is 7.17. The van der Waals surface area contributed by atoms with Crippen molar-refractivity contribution in [2.75, 3.05) is 13.7 Å². The Morgan fingerprint density at radius 3 is 2.16 bits per heavy atom. The van der Waals surface area contributed by atoms with Crippen LogP contribution in [0.3, 0.4) is 0 Å². The molecule has 3 heteroatoms. The van der Waals surface area contributed by atoms with Crippen molar-refractivity contribution in [3.05, 3.63) is 35.6 Å². The molecule has 0 bridgehead atoms. The van der Waals surface area contributed by atoms with Gasteiger partial charge in [0.1, 0.15) is 5.82 Å². The molecule has 1 unspecified atom stereocenters. The Kier molecular flexibility index (Phi) is 6.46. The maximum atomic E-state index is 13.1. The van der Waals surface area contributed by atoms with Gasteiger partial charge in [0.15, 0.2) is 0 Å². The van der Waals surface area contributed by atoms with E-state index in [1.165, 1.54) is 12.1 Å². The molecular weight excluding hydrogens is 241 g/mol. The predicted molar refractivity (Wildman–Crippen MR) is 77.8 cm³/mol. The second-order valence-electron chi connectivity index (χ2n) is 4.91. The van der Waals surface area contributed by atoms with Gasteiger partial charge in [-0.2, -0.15) is 0 Å². The van der Waals surface area contributed by atoms with Gasteiger partial charge in [-0.1, -0.05) is 32.9 Å². The summed E-state index contributed by atoms with van der Waals surface area (Å²) in [5, 5.41) is 3.55. The van der Waals surface area contributed by atoms with Crippen molar-refractivity contribution in [2.24, 2.45) is 0 Å². The molecule has 19 heavy (non-hydrogen) atoms. The molecule has 0 aliphatic carbocycles. The molecule has 0 radical (unpaired) electrons. The average molecular weight is 267 g/mol. The Hall–Kier alpha value is -0.930. The third kappa shape index (κ3) is 3.77. The molecule has 0 aliphatic heterocycles. The van der Waals surface area contributed by atoms with Crippen molar-refractivity contribution in [1.82, 2.24) is 5.32 Å². The summed E-state index contributed by atoms with van der Waals surface area (Å²) in [4.78, 5) is 0. The summed E-state index contributed by atoms with van der Waals surface area (Å²) in [5.74, 6) is -0.200. The van der Waals surface area contributed by atoms with E-state index < -0.39 is 0 Å². The van der Waals surface area contributed by atoms with E-state index in [4.69, 9.17) is 4.74 Å². The van der Waals surface area contributed by atoms with E-state index in [1.54, 1.807) is 7.11 Å². The number of hydrogen-bond acceptors (Lipinski definition) is 2. The highest BCUT2D eigenvalue weighted by molar-refractivity contribution is 5.23. The van der Waals surface area contributed by atoms with E-state index in [-0.39, 0.29) is 17.5 Å². The predicted octanol–water partition coefficient (Wildman–Crippen LogP) is 4.07. The van der Waals surface area contributed by atoms with Gasteiger partial charge in [0.25, 0.3) is 0 Å². The van der Waals surface area contributed by atoms with Crippen LogP contribution in [0.2, 0.25) is 0 Å². The van der Waals surface area contributed by atoms with Crippen LogP contribution < -0.4 is 5.32 Å². The molecule has 1 N–H and O–H groups in total. The molecular formula is C16H26FNO. The SMILES string of the molecule is CCCNC(c1ccc(F)cc1)C(CC)(CC)OC. The lowest BCUT2D eigenvalue weighted by Gasteiger charge is -2.39. The fourth-order valence-corrected chi connectivity index (χ4v) is 2.62. The number of ether oxygens (including phenoxy) is 1. The molecule has 1 aromatic rings. The number of nitrogens with one attached hydrogen (secondary N) is 1. The molecule has 2 nitrogen and oxygen atoms in total. The van der Waals surface area contributed by atoms with Crippen LogP contribution in [0.25, 0.3) is 0 Å². The quantitative estimate of drug-likeness (QED) is 0.766. The summed E-state index contributed by atoms with van der Waals surface area (Å²) in [5.41, 5.74) is 0.841. The molecule has 0 saturated heterocycles. The number of methoxy groups -OCH3 is 1. The van der Waals surface area contributed by atoms with Crippen LogP contribution >= 0.6 is 0 Å². The van der Waals surface area contributed by atoms with E-state index in [1.807, 2.05) is 12.1 Å². The molecule has 0 fully saturated rings. The lowest BCUT2D eigenvalue weighted by atomic mass is 9.83. The number of halogens is 1. The summed E-state index contributed by atoms with van der Waals surface area (Å²) in [7, 11) is 1.76. The third-order valence-corrected chi connectivity index (χ3v) is 3.93. The van der Waals surface area contributed by atoms with Crippen molar-refractivity contribution in [3.63, 3.8) is 0 Å². The van der Waals surface area contributed by atoms with Crippen molar-refractivity contribution in [1.29, 1.82) is 0 Å². The Bertz CT molecular complexity index is 351. The Labute approximate surface area is 116 Å². The van der Waals surface area contributed by atoms with Crippen molar-refractivity contribution < 1.29 is 9.13 Å². The number of hydrogen-bond donors (Lipinski definition) is 1. The molecule has 1 aromatic carbocycles. The molecule has 0 heterocycles. The number of benzene rings is 1. The highest BCUT2D eigenvalue weighted by Crippen LogP contribution is 2.35. The maximum Gasteiger partial charge on any atom is 0.123 e. The van der Waals surface area contributed by atoms with E-state index in [0.29, 0.717) is 0 Å². The van der Waals surface area contributed by atoms with Gasteiger partial charge in [-0.15, -0.1) is 0 Å². The summed E-state index contributed by atoms with van der Waals surface area (Å²) < 4.78 is 18.9. The molecule has 0 saturated carbocycles. The lowest BCUT2D eigenvalue weighted by Crippen LogP contribution is -2.45. The fourth-order valence-electron chi connectivity index (χ4n) is 2.62. The lowest BCUT2D eigenvalue weighted by molar-refractivity contribution is -0.0485. The minimum absolute atomic E-state index is 0.0908. The highest BCUT2D eigenvalue weighted by atomic mass is 19.1. The van der Waals surface area contributed by atoms with Gasteiger partial charge in [0, 0.05) is 7.11 Å². The topological polar surface area (TPSA) is 21.3 Å². The standard InChI is InChI=1S/C16H26FNO/c1-5-12-18-15(16(6-2,7-3)19-4)13-8-10-14(17)11-9-13/h8-11,15,18H,5-7,12H2,1-4H3. The second kappa shape index (κ2) is 7.61. The first-order valence-electron chi connectivity index (χ1n) is 7.17. The van der Waals surface area contributed by atoms with Gasteiger partial charge in [-0.25, -0.2) is 4.39 Å². The first kappa shape index (κ1) is 16.1. The van der Waals surface area contributed by atoms with Gasteiger partial charge in [0.2, 0.25) is 0 Å². The normalized spacial score (nSPS) is 13.5. The summed E-state index contributed by atoms with van der Waals surface area (Å²) in [6.07, 6.45) is 2.89. The summed E-state index contributed by atoms with van der Waals surface area (Å²) >= 11 is 0.